The highest BCUT2D eigenvalue weighted by Gasteiger charge is 2.01. The van der Waals surface area contributed by atoms with Crippen LogP contribution in [-0.4, -0.2) is 6.54 Å². The first-order chi connectivity index (χ1) is 8.27. The van der Waals surface area contributed by atoms with Crippen molar-refractivity contribution in [2.45, 2.75) is 25.7 Å². The Kier molecular flexibility index (Phi) is 5.81. The molecule has 2 nitrogen and oxygen atoms in total. The molecule has 0 saturated heterocycles. The molecule has 1 aromatic carbocycles. The zero-order valence-corrected chi connectivity index (χ0v) is 9.88. The molecule has 0 radical (unpaired) electrons. The number of unbranched alkanes of at least 4 members (excludes halogenated alkanes) is 3. The second-order valence-electron chi connectivity index (χ2n) is 3.87. The van der Waals surface area contributed by atoms with E-state index in [1.54, 1.807) is 12.1 Å². The maximum atomic E-state index is 13.0. The van der Waals surface area contributed by atoms with Crippen LogP contribution in [0.2, 0.25) is 0 Å². The number of halogens is 1. The average Bonchev–Trinajstić information content (AvgIpc) is 2.35. The van der Waals surface area contributed by atoms with Crippen LogP contribution in [0.3, 0.4) is 0 Å². The summed E-state index contributed by atoms with van der Waals surface area (Å²) in [5.41, 5.74) is 0.883. The van der Waals surface area contributed by atoms with Crippen molar-refractivity contribution < 1.29 is 4.39 Å². The van der Waals surface area contributed by atoms with Gasteiger partial charge in [0, 0.05) is 12.2 Å². The lowest BCUT2D eigenvalue weighted by Crippen LogP contribution is -2.02. The Bertz CT molecular complexity index is 407. The molecule has 90 valence electrons. The summed E-state index contributed by atoms with van der Waals surface area (Å²) in [5, 5.41) is 11.9. The van der Waals surface area contributed by atoms with Crippen molar-refractivity contribution in [3.8, 4) is 6.07 Å². The quantitative estimate of drug-likeness (QED) is 0.572. The highest BCUT2D eigenvalue weighted by Crippen LogP contribution is 2.14. The Morgan fingerprint density at radius 3 is 2.88 bits per heavy atom. The molecule has 0 heterocycles. The first-order valence-electron chi connectivity index (χ1n) is 5.82. The summed E-state index contributed by atoms with van der Waals surface area (Å²) in [6, 6.07) is 6.34. The highest BCUT2D eigenvalue weighted by molar-refractivity contribution is 5.49. The van der Waals surface area contributed by atoms with Crippen molar-refractivity contribution in [3.63, 3.8) is 0 Å². The summed E-state index contributed by atoms with van der Waals surface area (Å²) in [5.74, 6) is -0.468. The third kappa shape index (κ3) is 4.69. The average molecular weight is 232 g/mol. The van der Waals surface area contributed by atoms with Crippen LogP contribution < -0.4 is 5.32 Å². The van der Waals surface area contributed by atoms with Gasteiger partial charge in [-0.25, -0.2) is 4.39 Å². The molecule has 0 saturated carbocycles. The van der Waals surface area contributed by atoms with Gasteiger partial charge in [0.15, 0.2) is 0 Å². The number of nitrogens with one attached hydrogen (secondary N) is 1. The van der Waals surface area contributed by atoms with Crippen molar-refractivity contribution in [2.75, 3.05) is 11.9 Å². The van der Waals surface area contributed by atoms with Gasteiger partial charge in [0.2, 0.25) is 0 Å². The lowest BCUT2D eigenvalue weighted by molar-refractivity contribution is 0.624. The van der Waals surface area contributed by atoms with Gasteiger partial charge in [-0.15, -0.1) is 6.58 Å². The number of anilines is 1. The molecule has 0 aliphatic carbocycles. The summed E-state index contributed by atoms with van der Waals surface area (Å²) >= 11 is 0. The standard InChI is InChI=1S/C14H17FN2/c1-2-3-4-5-6-9-17-13-7-8-14(15)12(10-13)11-16/h2,7-8,10,17H,1,3-6,9H2. The molecule has 0 aliphatic rings. The van der Waals surface area contributed by atoms with E-state index in [2.05, 4.69) is 11.9 Å². The lowest BCUT2D eigenvalue weighted by Gasteiger charge is -2.06. The summed E-state index contributed by atoms with van der Waals surface area (Å²) < 4.78 is 13.0. The fourth-order valence-corrected chi connectivity index (χ4v) is 1.54. The van der Waals surface area contributed by atoms with Gasteiger partial charge >= 0.3 is 0 Å². The summed E-state index contributed by atoms with van der Waals surface area (Å²) in [6.45, 7) is 4.51. The minimum Gasteiger partial charge on any atom is -0.385 e. The second-order valence-corrected chi connectivity index (χ2v) is 3.87. The molecule has 0 aliphatic heterocycles. The Morgan fingerprint density at radius 2 is 2.18 bits per heavy atom. The number of nitriles is 1. The van der Waals surface area contributed by atoms with Gasteiger partial charge in [-0.1, -0.05) is 12.5 Å². The van der Waals surface area contributed by atoms with Crippen LogP contribution in [0.4, 0.5) is 10.1 Å². The van der Waals surface area contributed by atoms with Gasteiger partial charge in [0.05, 0.1) is 5.56 Å². The van der Waals surface area contributed by atoms with Crippen molar-refractivity contribution in [1.82, 2.24) is 0 Å². The van der Waals surface area contributed by atoms with E-state index in [1.807, 2.05) is 12.1 Å². The number of allylic oxidation sites excluding steroid dienone is 1. The molecule has 0 bridgehead atoms. The van der Waals surface area contributed by atoms with Crippen LogP contribution in [0.1, 0.15) is 31.2 Å². The molecule has 1 aromatic rings. The SMILES string of the molecule is C=CCCCCCNc1ccc(F)c(C#N)c1. The van der Waals surface area contributed by atoms with E-state index in [0.29, 0.717) is 0 Å². The van der Waals surface area contributed by atoms with Gasteiger partial charge in [-0.2, -0.15) is 5.26 Å². The topological polar surface area (TPSA) is 35.8 Å². The number of nitrogens with zero attached hydrogens (tertiary/aromatic N) is 1. The predicted octanol–water partition coefficient (Wildman–Crippen LogP) is 3.86. The van der Waals surface area contributed by atoms with Crippen LogP contribution in [0.5, 0.6) is 0 Å². The molecule has 0 amide bonds. The fraction of sp³-hybridized carbons (Fsp3) is 0.357. The van der Waals surface area contributed by atoms with E-state index in [0.717, 1.165) is 37.9 Å². The van der Waals surface area contributed by atoms with E-state index >= 15 is 0 Å². The van der Waals surface area contributed by atoms with Gasteiger partial charge in [0.1, 0.15) is 11.9 Å². The number of benzene rings is 1. The molecule has 1 N–H and O–H groups in total. The summed E-state index contributed by atoms with van der Waals surface area (Å²) in [4.78, 5) is 0. The van der Waals surface area contributed by atoms with Crippen molar-refractivity contribution in [2.24, 2.45) is 0 Å². The fourth-order valence-electron chi connectivity index (χ4n) is 1.54. The molecule has 17 heavy (non-hydrogen) atoms. The largest absolute Gasteiger partial charge is 0.385 e. The normalized spacial score (nSPS) is 9.65. The zero-order chi connectivity index (χ0) is 12.5. The summed E-state index contributed by atoms with van der Waals surface area (Å²) in [7, 11) is 0. The molecule has 1 rings (SSSR count). The third-order valence-corrected chi connectivity index (χ3v) is 2.50. The van der Waals surface area contributed by atoms with Gasteiger partial charge in [-0.05, 0) is 37.5 Å². The van der Waals surface area contributed by atoms with Crippen molar-refractivity contribution >= 4 is 5.69 Å². The number of rotatable bonds is 7. The van der Waals surface area contributed by atoms with E-state index in [1.165, 1.54) is 6.07 Å². The molecule has 0 fully saturated rings. The number of hydrogen-bond acceptors (Lipinski definition) is 2. The Hall–Kier alpha value is -1.82. The molecule has 3 heteroatoms. The van der Waals surface area contributed by atoms with Gasteiger partial charge in [-0.3, -0.25) is 0 Å². The van der Waals surface area contributed by atoms with Crippen LogP contribution in [0.15, 0.2) is 30.9 Å². The third-order valence-electron chi connectivity index (χ3n) is 2.50. The Morgan fingerprint density at radius 1 is 1.35 bits per heavy atom. The van der Waals surface area contributed by atoms with Crippen LogP contribution in [0, 0.1) is 17.1 Å². The van der Waals surface area contributed by atoms with Gasteiger partial charge in [0.25, 0.3) is 0 Å². The predicted molar refractivity (Wildman–Crippen MR) is 68.3 cm³/mol. The van der Waals surface area contributed by atoms with Crippen LogP contribution in [0.25, 0.3) is 0 Å². The van der Waals surface area contributed by atoms with Crippen molar-refractivity contribution in [1.29, 1.82) is 5.26 Å². The molecule has 0 spiro atoms. The van der Waals surface area contributed by atoms with E-state index in [4.69, 9.17) is 5.26 Å². The van der Waals surface area contributed by atoms with E-state index < -0.39 is 5.82 Å². The van der Waals surface area contributed by atoms with E-state index in [9.17, 15) is 4.39 Å². The molecule has 0 unspecified atom stereocenters. The zero-order valence-electron chi connectivity index (χ0n) is 9.88. The Labute approximate surface area is 102 Å². The Balaban J connectivity index is 2.32. The van der Waals surface area contributed by atoms with Gasteiger partial charge < -0.3 is 5.32 Å². The van der Waals surface area contributed by atoms with E-state index in [-0.39, 0.29) is 5.56 Å². The minimum absolute atomic E-state index is 0.0849. The maximum Gasteiger partial charge on any atom is 0.141 e. The second kappa shape index (κ2) is 7.45. The first-order valence-corrected chi connectivity index (χ1v) is 5.82. The highest BCUT2D eigenvalue weighted by atomic mass is 19.1. The lowest BCUT2D eigenvalue weighted by atomic mass is 10.2. The number of hydrogen-bond donors (Lipinski definition) is 1. The molecular weight excluding hydrogens is 215 g/mol. The molecule has 0 aromatic heterocycles. The monoisotopic (exact) mass is 232 g/mol. The van der Waals surface area contributed by atoms with Crippen molar-refractivity contribution in [3.05, 3.63) is 42.2 Å². The smallest absolute Gasteiger partial charge is 0.141 e. The first kappa shape index (κ1) is 13.2. The minimum atomic E-state index is -0.468. The summed E-state index contributed by atoms with van der Waals surface area (Å²) in [6.07, 6.45) is 6.33. The van der Waals surface area contributed by atoms with Crippen LogP contribution >= 0.6 is 0 Å². The van der Waals surface area contributed by atoms with Crippen LogP contribution in [-0.2, 0) is 0 Å². The maximum absolute atomic E-state index is 13.0. The molecular formula is C14H17FN2. The molecule has 0 atom stereocenters.